The number of likely N-dealkylation sites (tertiary alicyclic amines) is 1. The number of nitrogens with zero attached hydrogens (tertiary/aromatic N) is 4. The van der Waals surface area contributed by atoms with E-state index in [1.807, 2.05) is 73.3 Å². The molecule has 0 spiro atoms. The number of hydrogen-bond donors (Lipinski definition) is 5. The lowest BCUT2D eigenvalue weighted by Gasteiger charge is -2.45. The highest BCUT2D eigenvalue weighted by Gasteiger charge is 2.36. The van der Waals surface area contributed by atoms with Crippen molar-refractivity contribution in [3.63, 3.8) is 0 Å². The predicted molar refractivity (Wildman–Crippen MR) is 261 cm³/mol. The third-order valence-corrected chi connectivity index (χ3v) is 15.9. The Bertz CT molecular complexity index is 2790. The summed E-state index contributed by atoms with van der Waals surface area (Å²) < 4.78 is 10.9. The third-order valence-electron chi connectivity index (χ3n) is 12.7. The van der Waals surface area contributed by atoms with Gasteiger partial charge in [0.25, 0.3) is 0 Å². The van der Waals surface area contributed by atoms with Crippen molar-refractivity contribution in [2.75, 3.05) is 36.9 Å². The van der Waals surface area contributed by atoms with E-state index in [9.17, 15) is 33.9 Å². The van der Waals surface area contributed by atoms with Crippen molar-refractivity contribution in [3.8, 4) is 16.2 Å². The van der Waals surface area contributed by atoms with Gasteiger partial charge in [-0.15, -0.1) is 11.3 Å². The number of nitrogens with one attached hydrogen (secondary N) is 3. The van der Waals surface area contributed by atoms with Crippen LogP contribution in [0.15, 0.2) is 71.5 Å². The van der Waals surface area contributed by atoms with Crippen molar-refractivity contribution in [2.24, 2.45) is 0 Å². The van der Waals surface area contributed by atoms with E-state index in [0.717, 1.165) is 77.3 Å². The van der Waals surface area contributed by atoms with E-state index in [-0.39, 0.29) is 69.7 Å². The fourth-order valence-electron chi connectivity index (χ4n) is 9.47. The number of thiophene rings is 1. The van der Waals surface area contributed by atoms with E-state index in [4.69, 9.17) is 21.4 Å². The van der Waals surface area contributed by atoms with E-state index in [1.54, 1.807) is 16.5 Å². The molecule has 3 aromatic carbocycles. The smallest absolute Gasteiger partial charge is 0.349 e. The van der Waals surface area contributed by atoms with E-state index < -0.39 is 30.5 Å². The number of anilines is 2. The molecule has 3 saturated heterocycles. The summed E-state index contributed by atoms with van der Waals surface area (Å²) in [5, 5.41) is 28.0. The van der Waals surface area contributed by atoms with E-state index in [0.29, 0.717) is 29.0 Å². The molecule has 67 heavy (non-hydrogen) atoms. The van der Waals surface area contributed by atoms with Crippen LogP contribution in [0.3, 0.4) is 0 Å². The zero-order valence-electron chi connectivity index (χ0n) is 37.7. The number of ether oxygens (including phenoxy) is 1. The van der Waals surface area contributed by atoms with Gasteiger partial charge < -0.3 is 30.5 Å². The minimum atomic E-state index is -1.25. The number of aromatic nitrogens is 2. The maximum absolute atomic E-state index is 13.7. The lowest BCUT2D eigenvalue weighted by Crippen LogP contribution is -2.49. The second kappa shape index (κ2) is 19.8. The summed E-state index contributed by atoms with van der Waals surface area (Å²) >= 11 is 9.26. The summed E-state index contributed by atoms with van der Waals surface area (Å²) in [6, 6.07) is 20.6. The number of imidazole rings is 1. The molecule has 5 N–H and O–H groups in total. The van der Waals surface area contributed by atoms with E-state index >= 15 is 0 Å². The highest BCUT2D eigenvalue weighted by Crippen LogP contribution is 2.46. The number of benzene rings is 3. The molecule has 16 nitrogen and oxygen atoms in total. The Morgan fingerprint density at radius 3 is 2.39 bits per heavy atom. The Kier molecular flexibility index (Phi) is 14.1. The molecule has 4 amide bonds. The van der Waals surface area contributed by atoms with Crippen molar-refractivity contribution < 1.29 is 38.9 Å². The minimum absolute atomic E-state index is 0.0631. The van der Waals surface area contributed by atoms with Crippen LogP contribution in [0.1, 0.15) is 105 Å². The average Bonchev–Trinajstić information content (AvgIpc) is 3.77. The maximum atomic E-state index is 13.7. The predicted octanol–water partition coefficient (Wildman–Crippen LogP) is 8.82. The van der Waals surface area contributed by atoms with Gasteiger partial charge in [-0.1, -0.05) is 53.9 Å². The Morgan fingerprint density at radius 2 is 1.69 bits per heavy atom. The van der Waals surface area contributed by atoms with Gasteiger partial charge in [0.1, 0.15) is 11.1 Å². The fourth-order valence-corrected chi connectivity index (χ4v) is 12.0. The lowest BCUT2D eigenvalue weighted by atomic mass is 9.89. The molecule has 0 radical (unpaired) electrons. The molecule has 2 aromatic heterocycles. The van der Waals surface area contributed by atoms with Crippen LogP contribution in [-0.2, 0) is 20.1 Å². The number of carbonyl (C=O) groups excluding carboxylic acids is 3. The van der Waals surface area contributed by atoms with Gasteiger partial charge in [0.15, 0.2) is 17.2 Å². The first-order valence-corrected chi connectivity index (χ1v) is 24.5. The van der Waals surface area contributed by atoms with Crippen LogP contribution < -0.4 is 26.4 Å². The topological polar surface area (TPSA) is 205 Å². The first kappa shape index (κ1) is 47.7. The number of piperidine rings is 3. The largest absolute Gasteiger partial charge is 0.479 e. The SMILES string of the molecule is CC(C)n1c(=O)n(C2CCC(=O)NC2=O)c2ccc(C3CCN(C(=O)Nc4cccc(CSN5CCC(Nc6cccc(-c7sc(C(=O)O)c(OCC(=O)O)c7Cl)c6)CC5(C)C)c4)CC3)cc21. The highest BCUT2D eigenvalue weighted by atomic mass is 35.5. The van der Waals surface area contributed by atoms with Gasteiger partial charge in [-0.3, -0.25) is 24.0 Å². The summed E-state index contributed by atoms with van der Waals surface area (Å²) in [5.74, 6) is -2.50. The molecule has 5 aromatic rings. The van der Waals surface area contributed by atoms with Crippen molar-refractivity contribution in [1.29, 1.82) is 0 Å². The van der Waals surface area contributed by atoms with Crippen LogP contribution in [-0.4, -0.2) is 96.2 Å². The zero-order chi connectivity index (χ0) is 47.7. The van der Waals surface area contributed by atoms with E-state index in [1.165, 1.54) is 4.57 Å². The van der Waals surface area contributed by atoms with Gasteiger partial charge in [-0.2, -0.15) is 0 Å². The van der Waals surface area contributed by atoms with Crippen LogP contribution in [0, 0.1) is 0 Å². The highest BCUT2D eigenvalue weighted by molar-refractivity contribution is 7.96. The normalized spacial score (nSPS) is 19.1. The fraction of sp³-hybridized carbons (Fsp3) is 0.417. The standard InChI is InChI=1S/C48H54ClN7O9S2/c1-27(2)55-37-23-30(11-12-35(37)56(47(55)64)36-13-14-38(57)52-44(36)60)29-15-18-53(19-16-29)46(63)51-32-9-5-7-28(21-32)26-66-54-20-17-34(24-48(54,3)4)50-33-10-6-8-31(22-33)42-40(49)41(65-25-39(58)59)43(67-42)45(61)62/h5-12,21-23,27,29,34,36,50H,13-20,24-26H2,1-4H3,(H,51,63)(H,58,59)(H,61,62)(H,52,57,60). The Morgan fingerprint density at radius 1 is 0.940 bits per heavy atom. The number of imide groups is 1. The number of fused-ring (bicyclic) bond motifs is 1. The Labute approximate surface area is 400 Å². The number of rotatable bonds is 14. The Hall–Kier alpha value is -5.82. The van der Waals surface area contributed by atoms with Crippen LogP contribution in [0.25, 0.3) is 21.5 Å². The van der Waals surface area contributed by atoms with Gasteiger partial charge >= 0.3 is 23.7 Å². The number of carbonyl (C=O) groups is 5. The number of carboxylic acids is 2. The molecular formula is C48H54ClN7O9S2. The molecular weight excluding hydrogens is 918 g/mol. The number of halogens is 1. The summed E-state index contributed by atoms with van der Waals surface area (Å²) in [6.45, 7) is 9.62. The Balaban J connectivity index is 0.837. The third kappa shape index (κ3) is 10.4. The van der Waals surface area contributed by atoms with Crippen LogP contribution in [0.5, 0.6) is 5.75 Å². The van der Waals surface area contributed by atoms with E-state index in [2.05, 4.69) is 46.2 Å². The lowest BCUT2D eigenvalue weighted by molar-refractivity contribution is -0.139. The van der Waals surface area contributed by atoms with Gasteiger partial charge in [-0.05, 0) is 119 Å². The van der Waals surface area contributed by atoms with Crippen LogP contribution in [0.2, 0.25) is 5.02 Å². The number of aliphatic carboxylic acids is 1. The number of urea groups is 1. The molecule has 19 heteroatoms. The molecule has 3 fully saturated rings. The van der Waals surface area contributed by atoms with Crippen molar-refractivity contribution in [1.82, 2.24) is 23.7 Å². The molecule has 3 aliphatic rings. The second-order valence-corrected chi connectivity index (χ2v) is 20.6. The first-order valence-electron chi connectivity index (χ1n) is 22.4. The molecule has 2 unspecified atom stereocenters. The molecule has 2 atom stereocenters. The molecule has 5 heterocycles. The summed E-state index contributed by atoms with van der Waals surface area (Å²) in [7, 11) is 0. The van der Waals surface area contributed by atoms with Gasteiger partial charge in [0.05, 0.1) is 15.9 Å². The quantitative estimate of drug-likeness (QED) is 0.0523. The summed E-state index contributed by atoms with van der Waals surface area (Å²) in [4.78, 5) is 77.0. The number of amides is 4. The van der Waals surface area contributed by atoms with Crippen molar-refractivity contribution in [3.05, 3.63) is 98.2 Å². The van der Waals surface area contributed by atoms with Crippen LogP contribution >= 0.6 is 34.9 Å². The second-order valence-electron chi connectivity index (χ2n) is 18.2. The first-order chi connectivity index (χ1) is 32.0. The average molecular weight is 973 g/mol. The molecule has 354 valence electrons. The number of carboxylic acid groups (broad SMARTS) is 2. The van der Waals surface area contributed by atoms with Crippen molar-refractivity contribution >= 4 is 87.1 Å². The monoisotopic (exact) mass is 971 g/mol. The minimum Gasteiger partial charge on any atom is -0.479 e. The summed E-state index contributed by atoms with van der Waals surface area (Å²) in [6.07, 6.45) is 3.73. The molecule has 8 rings (SSSR count). The number of hydrogen-bond acceptors (Lipinski definition) is 11. The van der Waals surface area contributed by atoms with Gasteiger partial charge in [-0.25, -0.2) is 23.5 Å². The molecule has 0 bridgehead atoms. The molecule has 3 aliphatic heterocycles. The van der Waals surface area contributed by atoms with Crippen LogP contribution in [0.4, 0.5) is 16.2 Å². The number of aromatic carboxylic acids is 1. The van der Waals surface area contributed by atoms with Gasteiger partial charge in [0, 0.05) is 60.8 Å². The molecule has 0 aliphatic carbocycles. The summed E-state index contributed by atoms with van der Waals surface area (Å²) in [5.41, 5.74) is 5.47. The maximum Gasteiger partial charge on any atom is 0.349 e. The van der Waals surface area contributed by atoms with Gasteiger partial charge in [0.2, 0.25) is 11.8 Å². The zero-order valence-corrected chi connectivity index (χ0v) is 40.1. The molecule has 0 saturated carbocycles. The van der Waals surface area contributed by atoms with Crippen molar-refractivity contribution in [2.45, 2.75) is 102 Å².